The molecule has 0 heterocycles. The fourth-order valence-electron chi connectivity index (χ4n) is 9.27. The van der Waals surface area contributed by atoms with Crippen LogP contribution in [0.25, 0.3) is 0 Å². The second-order valence-corrected chi connectivity index (χ2v) is 17.3. The van der Waals surface area contributed by atoms with Crippen LogP contribution in [0.1, 0.15) is 57.7 Å². The summed E-state index contributed by atoms with van der Waals surface area (Å²) in [5, 5.41) is 0. The van der Waals surface area contributed by atoms with Crippen molar-refractivity contribution in [2.75, 3.05) is 21.2 Å². The van der Waals surface area contributed by atoms with Crippen LogP contribution in [0.3, 0.4) is 0 Å². The Balaban J connectivity index is 1.04. The highest BCUT2D eigenvalue weighted by molar-refractivity contribution is 5.79. The van der Waals surface area contributed by atoms with Gasteiger partial charge in [0.2, 0.25) is 0 Å². The number of nitrogens with zero attached hydrogens (tertiary/aromatic N) is 3. The summed E-state index contributed by atoms with van der Waals surface area (Å²) in [6.07, 6.45) is 0.874. The van der Waals surface area contributed by atoms with Crippen LogP contribution in [0.5, 0.6) is 0 Å². The van der Waals surface area contributed by atoms with Crippen LogP contribution in [-0.4, -0.2) is 6.54 Å². The van der Waals surface area contributed by atoms with Crippen LogP contribution >= 0.6 is 0 Å². The summed E-state index contributed by atoms with van der Waals surface area (Å²) in [6.45, 7) is 9.68. The first kappa shape index (κ1) is 42.7. The molecule has 65 heavy (non-hydrogen) atoms. The van der Waals surface area contributed by atoms with Crippen molar-refractivity contribution >= 4 is 45.5 Å². The van der Waals surface area contributed by atoms with Crippen LogP contribution < -0.4 is 14.7 Å². The summed E-state index contributed by atoms with van der Waals surface area (Å²) in [6, 6.07) is 86.3. The molecule has 0 aromatic heterocycles. The van der Waals surface area contributed by atoms with Gasteiger partial charge < -0.3 is 14.7 Å². The molecule has 9 aromatic rings. The summed E-state index contributed by atoms with van der Waals surface area (Å²) in [5.41, 5.74) is 18.2. The Morgan fingerprint density at radius 3 is 1.20 bits per heavy atom. The van der Waals surface area contributed by atoms with E-state index in [4.69, 9.17) is 0 Å². The van der Waals surface area contributed by atoms with Gasteiger partial charge in [0.05, 0.1) is 0 Å². The maximum Gasteiger partial charge on any atom is 0.0464 e. The lowest BCUT2D eigenvalue weighted by Crippen LogP contribution is -2.20. The van der Waals surface area contributed by atoms with Crippen molar-refractivity contribution in [3.63, 3.8) is 0 Å². The highest BCUT2D eigenvalue weighted by atomic mass is 15.2. The molecule has 9 aromatic carbocycles. The summed E-state index contributed by atoms with van der Waals surface area (Å²) >= 11 is 0. The van der Waals surface area contributed by atoms with Gasteiger partial charge in [-0.05, 0) is 164 Å². The van der Waals surface area contributed by atoms with Crippen molar-refractivity contribution in [3.05, 3.63) is 276 Å². The van der Waals surface area contributed by atoms with Gasteiger partial charge in [-0.15, -0.1) is 0 Å². The monoisotopic (exact) mass is 843 g/mol. The predicted molar refractivity (Wildman–Crippen MR) is 277 cm³/mol. The van der Waals surface area contributed by atoms with E-state index in [-0.39, 0.29) is 11.8 Å². The molecule has 0 saturated heterocycles. The van der Waals surface area contributed by atoms with Crippen molar-refractivity contribution in [1.82, 2.24) is 0 Å². The van der Waals surface area contributed by atoms with Gasteiger partial charge in [-0.25, -0.2) is 0 Å². The summed E-state index contributed by atoms with van der Waals surface area (Å²) in [4.78, 5) is 7.15. The lowest BCUT2D eigenvalue weighted by atomic mass is 9.78. The van der Waals surface area contributed by atoms with E-state index in [9.17, 15) is 0 Å². The standard InChI is InChI=1S/C62H57N3/c1-46-17-14-22-53(43-46)62(52-20-8-5-9-21-52)49(4)51-31-35-54(36-32-51)63(55-37-39-59(40-38-55)65(57-25-12-7-13-26-57)61-28-16-19-48(3)45-61)42-41-50-29-33-58(34-30-50)64(56-23-10-6-11-24-56)60-27-15-18-47(2)44-60/h5-40,43-45,49,62H,41-42H2,1-4H3. The molecule has 2 atom stereocenters. The summed E-state index contributed by atoms with van der Waals surface area (Å²) in [5.74, 6) is 0.499. The SMILES string of the molecule is Cc1cccc(C(c2ccccc2)C(C)c2ccc(N(CCc3ccc(N(c4ccccc4)c4cccc(C)c4)cc3)c3ccc(N(c4ccccc4)c4cccc(C)c4)cc3)cc2)c1. The van der Waals surface area contributed by atoms with Gasteiger partial charge in [0.15, 0.2) is 0 Å². The Kier molecular flexibility index (Phi) is 13.0. The molecule has 0 aliphatic heterocycles. The molecule has 0 fully saturated rings. The molecule has 0 bridgehead atoms. The smallest absolute Gasteiger partial charge is 0.0464 e. The molecule has 3 heteroatoms. The molecule has 0 N–H and O–H groups in total. The quantitative estimate of drug-likeness (QED) is 0.102. The normalized spacial score (nSPS) is 12.0. The van der Waals surface area contributed by atoms with Crippen LogP contribution in [0.2, 0.25) is 0 Å². The zero-order chi connectivity index (χ0) is 44.5. The average Bonchev–Trinajstić information content (AvgIpc) is 3.34. The Hall–Kier alpha value is -7.62. The zero-order valence-corrected chi connectivity index (χ0v) is 37.9. The molecule has 2 unspecified atom stereocenters. The first-order chi connectivity index (χ1) is 31.9. The lowest BCUT2D eigenvalue weighted by Gasteiger charge is -2.29. The van der Waals surface area contributed by atoms with Gasteiger partial charge in [-0.2, -0.15) is 0 Å². The van der Waals surface area contributed by atoms with E-state index in [0.29, 0.717) is 0 Å². The number of aryl methyl sites for hydroxylation is 3. The van der Waals surface area contributed by atoms with E-state index in [1.165, 1.54) is 44.6 Å². The van der Waals surface area contributed by atoms with Crippen molar-refractivity contribution in [1.29, 1.82) is 0 Å². The molecule has 0 aliphatic rings. The number of hydrogen-bond acceptors (Lipinski definition) is 3. The minimum atomic E-state index is 0.235. The van der Waals surface area contributed by atoms with E-state index in [2.05, 4.69) is 279 Å². The van der Waals surface area contributed by atoms with Crippen LogP contribution in [0, 0.1) is 20.8 Å². The van der Waals surface area contributed by atoms with Gasteiger partial charge >= 0.3 is 0 Å². The minimum Gasteiger partial charge on any atom is -0.341 e. The summed E-state index contributed by atoms with van der Waals surface area (Å²) < 4.78 is 0. The lowest BCUT2D eigenvalue weighted by molar-refractivity contribution is 0.657. The third-order valence-electron chi connectivity index (χ3n) is 12.6. The predicted octanol–water partition coefficient (Wildman–Crippen LogP) is 16.9. The fraction of sp³-hybridized carbons (Fsp3) is 0.129. The molecular formula is C62H57N3. The van der Waals surface area contributed by atoms with Gasteiger partial charge in [-0.3, -0.25) is 0 Å². The largest absolute Gasteiger partial charge is 0.341 e. The Morgan fingerprint density at radius 1 is 0.323 bits per heavy atom. The third-order valence-corrected chi connectivity index (χ3v) is 12.6. The minimum absolute atomic E-state index is 0.235. The molecule has 0 aliphatic carbocycles. The molecule has 9 rings (SSSR count). The number of anilines is 8. The molecule has 0 spiro atoms. The van der Waals surface area contributed by atoms with E-state index in [1.807, 2.05) is 0 Å². The maximum atomic E-state index is 2.48. The fourth-order valence-corrected chi connectivity index (χ4v) is 9.27. The second-order valence-electron chi connectivity index (χ2n) is 17.3. The molecule has 0 radical (unpaired) electrons. The van der Waals surface area contributed by atoms with Crippen molar-refractivity contribution in [2.45, 2.75) is 46.0 Å². The summed E-state index contributed by atoms with van der Waals surface area (Å²) in [7, 11) is 0. The van der Waals surface area contributed by atoms with E-state index < -0.39 is 0 Å². The van der Waals surface area contributed by atoms with Gasteiger partial charge in [-0.1, -0.05) is 152 Å². The van der Waals surface area contributed by atoms with Crippen molar-refractivity contribution in [2.24, 2.45) is 0 Å². The topological polar surface area (TPSA) is 9.72 Å². The van der Waals surface area contributed by atoms with Gasteiger partial charge in [0.25, 0.3) is 0 Å². The maximum absolute atomic E-state index is 2.48. The molecule has 3 nitrogen and oxygen atoms in total. The van der Waals surface area contributed by atoms with Gasteiger partial charge in [0.1, 0.15) is 0 Å². The first-order valence-corrected chi connectivity index (χ1v) is 22.9. The van der Waals surface area contributed by atoms with E-state index >= 15 is 0 Å². The number of hydrogen-bond donors (Lipinski definition) is 0. The molecular weight excluding hydrogens is 787 g/mol. The Bertz CT molecular complexity index is 2910. The third kappa shape index (κ3) is 9.96. The zero-order valence-electron chi connectivity index (χ0n) is 37.9. The highest BCUT2D eigenvalue weighted by Crippen LogP contribution is 2.41. The number of rotatable bonds is 15. The number of benzene rings is 9. The molecule has 0 amide bonds. The highest BCUT2D eigenvalue weighted by Gasteiger charge is 2.24. The van der Waals surface area contributed by atoms with Crippen LogP contribution in [0.15, 0.2) is 237 Å². The van der Waals surface area contributed by atoms with Crippen molar-refractivity contribution < 1.29 is 0 Å². The Morgan fingerprint density at radius 2 is 0.708 bits per heavy atom. The molecule has 0 saturated carbocycles. The van der Waals surface area contributed by atoms with Crippen LogP contribution in [-0.2, 0) is 6.42 Å². The van der Waals surface area contributed by atoms with Crippen molar-refractivity contribution in [3.8, 4) is 0 Å². The second kappa shape index (κ2) is 19.8. The molecule has 320 valence electrons. The average molecular weight is 844 g/mol. The van der Waals surface area contributed by atoms with E-state index in [1.54, 1.807) is 0 Å². The van der Waals surface area contributed by atoms with Gasteiger partial charge in [0, 0.05) is 58.0 Å². The first-order valence-electron chi connectivity index (χ1n) is 22.9. The number of para-hydroxylation sites is 2. The Labute approximate surface area is 386 Å². The van der Waals surface area contributed by atoms with E-state index in [0.717, 1.165) is 52.8 Å². The van der Waals surface area contributed by atoms with Crippen LogP contribution in [0.4, 0.5) is 45.5 Å².